The number of hydrogen-bond acceptors (Lipinski definition) is 0. The fourth-order valence-corrected chi connectivity index (χ4v) is 21.2. The number of benzene rings is 9. The van der Waals surface area contributed by atoms with Crippen molar-refractivity contribution in [2.75, 3.05) is 0 Å². The Bertz CT molecular complexity index is 4500. The molecule has 0 aromatic heterocycles. The van der Waals surface area contributed by atoms with Crippen molar-refractivity contribution in [1.82, 2.24) is 0 Å². The van der Waals surface area contributed by atoms with Crippen LogP contribution in [-0.4, -0.2) is 0 Å². The largest absolute Gasteiger partial charge is 0.0628 e. The molecule has 116 heavy (non-hydrogen) atoms. The van der Waals surface area contributed by atoms with Gasteiger partial charge in [-0.25, -0.2) is 0 Å². The number of aryl methyl sites for hydroxylation is 5. The highest BCUT2D eigenvalue weighted by molar-refractivity contribution is 5.47. The predicted octanol–water partition coefficient (Wildman–Crippen LogP) is 32.7. The summed E-state index contributed by atoms with van der Waals surface area (Å²) in [5.41, 5.74) is 34.1. The SMILES string of the molecule is CC(C)CC1CCC1.CCc1cc(C(C)C)ccc1Cc1ccc(C)c(Cc2ccccc2C(C)(C)C)c1.CCc1cc(C2CCC(C3CCC(C)CC3)CC2)ccc1Cc1ccc(C)c(Cc2ccccc2C(C)(C)C)c1.Cc1ccc(Cc2ccc(C3CCC(C4CCC(C)CC4)CC3)cc2)cc1Cc1ccccc1C(C)(C)C. The van der Waals surface area contributed by atoms with E-state index in [2.05, 4.69) is 327 Å². The second-order valence-corrected chi connectivity index (χ2v) is 41.9. The van der Waals surface area contributed by atoms with E-state index in [1.54, 1.807) is 16.7 Å². The van der Waals surface area contributed by atoms with Gasteiger partial charge in [0, 0.05) is 0 Å². The maximum absolute atomic E-state index is 2.58. The topological polar surface area (TPSA) is 0 Å². The summed E-state index contributed by atoms with van der Waals surface area (Å²) in [6.45, 7) is 46.3. The van der Waals surface area contributed by atoms with Crippen LogP contribution in [0.2, 0.25) is 0 Å². The van der Waals surface area contributed by atoms with E-state index in [9.17, 15) is 0 Å². The van der Waals surface area contributed by atoms with Crippen LogP contribution in [0.5, 0.6) is 0 Å². The lowest BCUT2D eigenvalue weighted by Gasteiger charge is -2.37. The lowest BCUT2D eigenvalue weighted by atomic mass is 9.68. The highest BCUT2D eigenvalue weighted by Gasteiger charge is 2.33. The van der Waals surface area contributed by atoms with E-state index in [0.717, 1.165) is 111 Å². The molecule has 0 aliphatic heterocycles. The second-order valence-electron chi connectivity index (χ2n) is 41.9. The average molecular weight is 1550 g/mol. The van der Waals surface area contributed by atoms with Gasteiger partial charge in [-0.2, -0.15) is 0 Å². The molecule has 9 aromatic rings. The maximum atomic E-state index is 2.58. The van der Waals surface area contributed by atoms with Gasteiger partial charge in [-0.1, -0.05) is 351 Å². The molecule has 622 valence electrons. The fourth-order valence-electron chi connectivity index (χ4n) is 21.2. The minimum atomic E-state index is 0.160. The predicted molar refractivity (Wildman–Crippen MR) is 506 cm³/mol. The zero-order valence-electron chi connectivity index (χ0n) is 77.0. The quantitative estimate of drug-likeness (QED) is 0.0673. The van der Waals surface area contributed by atoms with Crippen LogP contribution in [-0.2, 0) is 67.6 Å². The normalized spacial score (nSPS) is 20.7. The highest BCUT2D eigenvalue weighted by atomic mass is 14.4. The minimum Gasteiger partial charge on any atom is -0.0628 e. The summed E-state index contributed by atoms with van der Waals surface area (Å²) < 4.78 is 0. The first-order valence-electron chi connectivity index (χ1n) is 47.3. The zero-order chi connectivity index (χ0) is 82.8. The summed E-state index contributed by atoms with van der Waals surface area (Å²) in [5, 5.41) is 0. The first kappa shape index (κ1) is 89.8. The van der Waals surface area contributed by atoms with Gasteiger partial charge in [-0.15, -0.1) is 0 Å². The molecule has 0 saturated heterocycles. The lowest BCUT2D eigenvalue weighted by Crippen LogP contribution is -2.24. The Labute approximate surface area is 711 Å². The molecule has 0 radical (unpaired) electrons. The molecule has 0 heteroatoms. The van der Waals surface area contributed by atoms with Gasteiger partial charge in [0.2, 0.25) is 0 Å². The number of rotatable bonds is 21. The summed E-state index contributed by atoms with van der Waals surface area (Å²) in [5.74, 6) is 10.2. The molecule has 0 atom stereocenters. The first-order chi connectivity index (χ1) is 55.4. The molecule has 0 N–H and O–H groups in total. The van der Waals surface area contributed by atoms with Crippen LogP contribution in [0, 0.1) is 68.1 Å². The van der Waals surface area contributed by atoms with E-state index in [1.807, 2.05) is 0 Å². The third kappa shape index (κ3) is 25.5. The van der Waals surface area contributed by atoms with Gasteiger partial charge in [0.05, 0.1) is 0 Å². The van der Waals surface area contributed by atoms with Crippen molar-refractivity contribution in [3.63, 3.8) is 0 Å². The molecule has 0 unspecified atom stereocenters. The van der Waals surface area contributed by atoms with Crippen LogP contribution in [0.25, 0.3) is 0 Å². The molecule has 0 nitrogen and oxygen atoms in total. The van der Waals surface area contributed by atoms with E-state index in [4.69, 9.17) is 0 Å². The smallest absolute Gasteiger partial charge is 0.00201 e. The van der Waals surface area contributed by atoms with Crippen molar-refractivity contribution >= 4 is 0 Å². The van der Waals surface area contributed by atoms with Crippen LogP contribution in [0.3, 0.4) is 0 Å². The van der Waals surface area contributed by atoms with Crippen LogP contribution < -0.4 is 0 Å². The van der Waals surface area contributed by atoms with E-state index >= 15 is 0 Å². The van der Waals surface area contributed by atoms with E-state index < -0.39 is 0 Å². The summed E-state index contributed by atoms with van der Waals surface area (Å²) in [4.78, 5) is 0. The Morgan fingerprint density at radius 2 is 0.629 bits per heavy atom. The van der Waals surface area contributed by atoms with Crippen molar-refractivity contribution in [1.29, 1.82) is 0 Å². The third-order valence-corrected chi connectivity index (χ3v) is 28.9. The highest BCUT2D eigenvalue weighted by Crippen LogP contribution is 2.47. The third-order valence-electron chi connectivity index (χ3n) is 28.9. The molecule has 0 bridgehead atoms. The summed E-state index contributed by atoms with van der Waals surface area (Å²) in [6.07, 6.45) is 37.6. The van der Waals surface area contributed by atoms with Gasteiger partial charge in [-0.3, -0.25) is 0 Å². The van der Waals surface area contributed by atoms with Crippen molar-refractivity contribution in [3.8, 4) is 0 Å². The molecule has 0 spiro atoms. The molecule has 14 rings (SSSR count). The molecular weight excluding hydrogens is 1390 g/mol. The van der Waals surface area contributed by atoms with Crippen molar-refractivity contribution in [2.24, 2.45) is 47.3 Å². The summed E-state index contributed by atoms with van der Waals surface area (Å²) in [6, 6.07) is 72.6. The summed E-state index contributed by atoms with van der Waals surface area (Å²) in [7, 11) is 0. The van der Waals surface area contributed by atoms with Gasteiger partial charge < -0.3 is 0 Å². The Hall–Kier alpha value is -7.02. The Morgan fingerprint density at radius 1 is 0.293 bits per heavy atom. The van der Waals surface area contributed by atoms with E-state index in [-0.39, 0.29) is 16.2 Å². The van der Waals surface area contributed by atoms with Crippen LogP contribution in [0.4, 0.5) is 0 Å². The van der Waals surface area contributed by atoms with Crippen molar-refractivity contribution in [2.45, 2.75) is 352 Å². The van der Waals surface area contributed by atoms with Crippen LogP contribution in [0.1, 0.15) is 392 Å². The summed E-state index contributed by atoms with van der Waals surface area (Å²) >= 11 is 0. The van der Waals surface area contributed by atoms with Gasteiger partial charge in [0.15, 0.2) is 0 Å². The molecule has 5 aliphatic rings. The van der Waals surface area contributed by atoms with Gasteiger partial charge >= 0.3 is 0 Å². The van der Waals surface area contributed by atoms with Crippen molar-refractivity contribution < 1.29 is 0 Å². The zero-order valence-corrected chi connectivity index (χ0v) is 77.0. The fraction of sp³-hybridized carbons (Fsp3) is 0.534. The molecule has 0 amide bonds. The number of hydrogen-bond donors (Lipinski definition) is 0. The maximum Gasteiger partial charge on any atom is -0.00201 e. The minimum absolute atomic E-state index is 0.160. The van der Waals surface area contributed by atoms with Gasteiger partial charge in [0.25, 0.3) is 0 Å². The molecule has 5 fully saturated rings. The molecule has 5 aliphatic carbocycles. The molecular formula is C116H158. The Kier molecular flexibility index (Phi) is 32.3. The van der Waals surface area contributed by atoms with Gasteiger partial charge in [0.1, 0.15) is 0 Å². The van der Waals surface area contributed by atoms with Crippen LogP contribution >= 0.6 is 0 Å². The first-order valence-corrected chi connectivity index (χ1v) is 47.3. The lowest BCUT2D eigenvalue weighted by molar-refractivity contribution is 0.165. The Morgan fingerprint density at radius 3 is 0.974 bits per heavy atom. The average Bonchev–Trinajstić information content (AvgIpc) is 0.820. The monoisotopic (exact) mass is 1550 g/mol. The molecule has 0 heterocycles. The Balaban J connectivity index is 0.000000164. The second kappa shape index (κ2) is 41.8. The standard InChI is InChI=1S/C40H54.C38H50.C30H38.C8H16/c1-7-31-26-36(34-20-18-33(19-21-34)32-16-12-28(2)13-17-32)23-22-35(31)24-30-15-14-29(3)38(25-30)27-37-10-8-9-11-39(37)40(4,5)6;1-27-10-16-31(17-11-27)33-20-22-34(23-21-33)32-18-14-29(15-19-32)24-30-13-12-28(2)36(25-30)26-35-8-6-7-9-37(35)38(3,4)5;1-8-24-19-25(21(2)3)15-16-26(24)17-23-14-13-22(4)28(18-23)20-27-11-9-10-12-29(27)30(5,6)7;1-7(2)6-8-4-3-5-8/h8-11,14-15,22-23,25-26,28,32-34H,7,12-13,16-21,24,27H2,1-6H3;6-9,12-15,18-19,25,27,31,33-34H,10-11,16-17,20-24,26H2,1-5H3;9-16,18-19,21H,8,17,20H2,1-7H3;7-8H,3-6H2,1-2H3. The van der Waals surface area contributed by atoms with E-state index in [1.165, 1.54) is 240 Å². The molecule has 9 aromatic carbocycles. The van der Waals surface area contributed by atoms with Crippen molar-refractivity contribution in [3.05, 3.63) is 316 Å². The van der Waals surface area contributed by atoms with E-state index in [0.29, 0.717) is 5.92 Å². The molecule has 5 saturated carbocycles. The van der Waals surface area contributed by atoms with Crippen LogP contribution in [0.15, 0.2) is 188 Å². The van der Waals surface area contributed by atoms with Gasteiger partial charge in [-0.05, 0) is 365 Å².